The summed E-state index contributed by atoms with van der Waals surface area (Å²) in [6.07, 6.45) is 2.96. The lowest BCUT2D eigenvalue weighted by molar-refractivity contribution is 0.0948. The third kappa shape index (κ3) is 3.23. The van der Waals surface area contributed by atoms with Crippen molar-refractivity contribution in [3.05, 3.63) is 69.8 Å². The van der Waals surface area contributed by atoms with Crippen molar-refractivity contribution in [1.82, 2.24) is 14.7 Å². The summed E-state index contributed by atoms with van der Waals surface area (Å²) in [5, 5.41) is 2.73. The molecule has 3 aromatic rings. The fraction of sp³-hybridized carbons (Fsp3) is 0.211. The number of hydrogen-bond acceptors (Lipinski definition) is 5. The lowest BCUT2D eigenvalue weighted by atomic mass is 10.1. The molecule has 7 nitrogen and oxygen atoms in total. The Labute approximate surface area is 150 Å². The van der Waals surface area contributed by atoms with Crippen LogP contribution < -0.4 is 20.3 Å². The van der Waals surface area contributed by atoms with E-state index in [2.05, 4.69) is 10.3 Å². The minimum Gasteiger partial charge on any atom is -0.493 e. The van der Waals surface area contributed by atoms with Crippen LogP contribution in [0.5, 0.6) is 11.5 Å². The summed E-state index contributed by atoms with van der Waals surface area (Å²) in [6.45, 7) is 2.06. The van der Waals surface area contributed by atoms with Crippen molar-refractivity contribution < 1.29 is 14.3 Å². The first-order valence-corrected chi connectivity index (χ1v) is 8.01. The Kier molecular flexibility index (Phi) is 4.88. The van der Waals surface area contributed by atoms with Crippen LogP contribution in [0.4, 0.5) is 0 Å². The molecule has 0 bridgehead atoms. The smallest absolute Gasteiger partial charge is 0.270 e. The predicted octanol–water partition coefficient (Wildman–Crippen LogP) is 1.95. The first-order chi connectivity index (χ1) is 12.5. The second-order valence-corrected chi connectivity index (χ2v) is 5.75. The van der Waals surface area contributed by atoms with Gasteiger partial charge in [-0.3, -0.25) is 14.0 Å². The van der Waals surface area contributed by atoms with Crippen LogP contribution in [0.1, 0.15) is 21.5 Å². The van der Waals surface area contributed by atoms with Crippen LogP contribution in [0.2, 0.25) is 0 Å². The number of fused-ring (bicyclic) bond motifs is 1. The molecule has 1 aromatic carbocycles. The fourth-order valence-corrected chi connectivity index (χ4v) is 2.70. The third-order valence-corrected chi connectivity index (χ3v) is 4.02. The summed E-state index contributed by atoms with van der Waals surface area (Å²) in [7, 11) is 3.08. The minimum absolute atomic E-state index is 0.0186. The number of aromatic nitrogens is 2. The molecule has 134 valence electrons. The van der Waals surface area contributed by atoms with E-state index in [0.29, 0.717) is 17.1 Å². The summed E-state index contributed by atoms with van der Waals surface area (Å²) in [5.74, 6) is 0.615. The predicted molar refractivity (Wildman–Crippen MR) is 96.9 cm³/mol. The molecule has 0 saturated carbocycles. The van der Waals surface area contributed by atoms with Crippen molar-refractivity contribution in [2.75, 3.05) is 14.2 Å². The maximum absolute atomic E-state index is 12.6. The lowest BCUT2D eigenvalue weighted by Gasteiger charge is -2.13. The molecule has 1 amide bonds. The Morgan fingerprint density at radius 2 is 2.00 bits per heavy atom. The molecule has 7 heteroatoms. The first kappa shape index (κ1) is 17.5. The summed E-state index contributed by atoms with van der Waals surface area (Å²) in [6, 6.07) is 8.98. The van der Waals surface area contributed by atoms with Gasteiger partial charge in [0.25, 0.3) is 11.5 Å². The molecule has 3 rings (SSSR count). The van der Waals surface area contributed by atoms with Gasteiger partial charge < -0.3 is 14.8 Å². The minimum atomic E-state index is -0.497. The molecule has 0 unspecified atom stereocenters. The Bertz CT molecular complexity index is 1030. The van der Waals surface area contributed by atoms with Crippen molar-refractivity contribution in [2.45, 2.75) is 13.5 Å². The fourth-order valence-electron chi connectivity index (χ4n) is 2.70. The van der Waals surface area contributed by atoms with Crippen molar-refractivity contribution in [1.29, 1.82) is 0 Å². The largest absolute Gasteiger partial charge is 0.493 e. The number of nitrogens with zero attached hydrogens (tertiary/aromatic N) is 2. The van der Waals surface area contributed by atoms with Gasteiger partial charge >= 0.3 is 0 Å². The SMILES string of the molecule is COc1cccc(CNC(=O)c2cnc3ccc(C)cn3c2=O)c1OC. The van der Waals surface area contributed by atoms with Crippen LogP contribution in [0.25, 0.3) is 5.65 Å². The number of methoxy groups -OCH3 is 2. The van der Waals surface area contributed by atoms with Crippen LogP contribution in [0.3, 0.4) is 0 Å². The van der Waals surface area contributed by atoms with Gasteiger partial charge in [0.05, 0.1) is 14.2 Å². The number of amides is 1. The van der Waals surface area contributed by atoms with Gasteiger partial charge in [-0.25, -0.2) is 4.98 Å². The number of nitrogens with one attached hydrogen (secondary N) is 1. The van der Waals surface area contributed by atoms with Crippen LogP contribution in [-0.4, -0.2) is 29.5 Å². The zero-order valence-corrected chi connectivity index (χ0v) is 14.8. The van der Waals surface area contributed by atoms with Crippen molar-refractivity contribution in [3.8, 4) is 11.5 Å². The average Bonchev–Trinajstić information content (AvgIpc) is 2.66. The van der Waals surface area contributed by atoms with Gasteiger partial charge in [-0.1, -0.05) is 18.2 Å². The van der Waals surface area contributed by atoms with E-state index in [0.717, 1.165) is 11.1 Å². The number of ether oxygens (including phenoxy) is 2. The molecule has 0 aliphatic rings. The Hall–Kier alpha value is -3.35. The van der Waals surface area contributed by atoms with Crippen LogP contribution in [0.15, 0.2) is 47.5 Å². The highest BCUT2D eigenvalue weighted by atomic mass is 16.5. The zero-order valence-electron chi connectivity index (χ0n) is 14.8. The second-order valence-electron chi connectivity index (χ2n) is 5.75. The van der Waals surface area contributed by atoms with Gasteiger partial charge in [0.15, 0.2) is 11.5 Å². The number of carbonyl (C=O) groups is 1. The molecule has 0 atom stereocenters. The highest BCUT2D eigenvalue weighted by molar-refractivity contribution is 5.93. The number of para-hydroxylation sites is 1. The van der Waals surface area contributed by atoms with E-state index < -0.39 is 11.5 Å². The van der Waals surface area contributed by atoms with Gasteiger partial charge in [0, 0.05) is 24.5 Å². The molecule has 0 aliphatic heterocycles. The molecule has 0 saturated heterocycles. The van der Waals surface area contributed by atoms with Crippen molar-refractivity contribution >= 4 is 11.6 Å². The van der Waals surface area contributed by atoms with Gasteiger partial charge in [-0.2, -0.15) is 0 Å². The van der Waals surface area contributed by atoms with Crippen molar-refractivity contribution in [2.24, 2.45) is 0 Å². The molecule has 26 heavy (non-hydrogen) atoms. The number of carbonyl (C=O) groups excluding carboxylic acids is 1. The maximum Gasteiger partial charge on any atom is 0.270 e. The quantitative estimate of drug-likeness (QED) is 0.758. The molecule has 0 fully saturated rings. The zero-order chi connectivity index (χ0) is 18.7. The van der Waals surface area contributed by atoms with Gasteiger partial charge in [-0.05, 0) is 24.6 Å². The standard InChI is InChI=1S/C19H19N3O4/c1-12-7-8-16-20-10-14(19(24)22(16)11-12)18(23)21-9-13-5-4-6-15(25-2)17(13)26-3/h4-8,10-11H,9H2,1-3H3,(H,21,23). The van der Waals surface area contributed by atoms with E-state index >= 15 is 0 Å². The highest BCUT2D eigenvalue weighted by Gasteiger charge is 2.15. The van der Waals surface area contributed by atoms with Crippen LogP contribution >= 0.6 is 0 Å². The summed E-state index contributed by atoms with van der Waals surface area (Å²) in [4.78, 5) is 29.2. The molecule has 2 heterocycles. The van der Waals surface area contributed by atoms with E-state index in [-0.39, 0.29) is 12.1 Å². The normalized spacial score (nSPS) is 10.6. The van der Waals surface area contributed by atoms with Crippen molar-refractivity contribution in [3.63, 3.8) is 0 Å². The number of benzene rings is 1. The Morgan fingerprint density at radius 1 is 1.19 bits per heavy atom. The summed E-state index contributed by atoms with van der Waals surface area (Å²) in [5.41, 5.74) is 1.71. The molecular formula is C19H19N3O4. The number of hydrogen-bond donors (Lipinski definition) is 1. The number of rotatable bonds is 5. The molecule has 2 aromatic heterocycles. The Morgan fingerprint density at radius 3 is 2.73 bits per heavy atom. The second kappa shape index (κ2) is 7.26. The van der Waals surface area contributed by atoms with Crippen LogP contribution in [-0.2, 0) is 6.54 Å². The highest BCUT2D eigenvalue weighted by Crippen LogP contribution is 2.30. The molecule has 0 radical (unpaired) electrons. The van der Waals surface area contributed by atoms with Crippen LogP contribution in [0, 0.1) is 6.92 Å². The maximum atomic E-state index is 12.6. The topological polar surface area (TPSA) is 81.9 Å². The number of aryl methyl sites for hydroxylation is 1. The first-order valence-electron chi connectivity index (χ1n) is 8.01. The molecular weight excluding hydrogens is 334 g/mol. The monoisotopic (exact) mass is 353 g/mol. The third-order valence-electron chi connectivity index (χ3n) is 4.02. The summed E-state index contributed by atoms with van der Waals surface area (Å²) >= 11 is 0. The van der Waals surface area contributed by atoms with E-state index in [4.69, 9.17) is 9.47 Å². The van der Waals surface area contributed by atoms with Gasteiger partial charge in [0.1, 0.15) is 11.2 Å². The van der Waals surface area contributed by atoms with E-state index in [9.17, 15) is 9.59 Å². The van der Waals surface area contributed by atoms with E-state index in [1.54, 1.807) is 31.5 Å². The van der Waals surface area contributed by atoms with E-state index in [1.165, 1.54) is 17.7 Å². The number of pyridine rings is 1. The molecule has 0 aliphatic carbocycles. The summed E-state index contributed by atoms with van der Waals surface area (Å²) < 4.78 is 12.0. The van der Waals surface area contributed by atoms with Gasteiger partial charge in [-0.15, -0.1) is 0 Å². The lowest BCUT2D eigenvalue weighted by Crippen LogP contribution is -2.31. The average molecular weight is 353 g/mol. The molecule has 0 spiro atoms. The van der Waals surface area contributed by atoms with Gasteiger partial charge in [0.2, 0.25) is 0 Å². The Balaban J connectivity index is 1.87. The molecule has 1 N–H and O–H groups in total. The van der Waals surface area contributed by atoms with E-state index in [1.807, 2.05) is 19.1 Å².